The molecule has 0 radical (unpaired) electrons. The van der Waals surface area contributed by atoms with Crippen LogP contribution in [0.3, 0.4) is 0 Å². The fourth-order valence-electron chi connectivity index (χ4n) is 1.67. The number of furan rings is 1. The van der Waals surface area contributed by atoms with Crippen LogP contribution < -0.4 is 10.5 Å². The first-order chi connectivity index (χ1) is 9.31. The number of nitrogens with two attached hydrogens (primary N) is 1. The van der Waals surface area contributed by atoms with E-state index >= 15 is 0 Å². The van der Waals surface area contributed by atoms with E-state index in [4.69, 9.17) is 14.1 Å². The predicted octanol–water partition coefficient (Wildman–Crippen LogP) is 0.436. The molecule has 0 fully saturated rings. The maximum atomic E-state index is 11.3. The minimum Gasteiger partial charge on any atom is -0.455 e. The number of aromatic nitrogens is 2. The van der Waals surface area contributed by atoms with Crippen molar-refractivity contribution in [2.75, 3.05) is 7.05 Å². The Labute approximate surface area is 116 Å². The van der Waals surface area contributed by atoms with Gasteiger partial charge in [-0.2, -0.15) is 4.98 Å². The molecule has 1 unspecified atom stereocenters. The molecule has 0 saturated carbocycles. The Bertz CT molecular complexity index is 704. The lowest BCUT2D eigenvalue weighted by molar-refractivity contribution is 0.403. The van der Waals surface area contributed by atoms with E-state index in [1.165, 1.54) is 13.0 Å². The van der Waals surface area contributed by atoms with E-state index in [-0.39, 0.29) is 28.3 Å². The second-order valence-electron chi connectivity index (χ2n) is 4.49. The number of nitrogens with zero attached hydrogens (tertiary/aromatic N) is 2. The molecule has 110 valence electrons. The van der Waals surface area contributed by atoms with Gasteiger partial charge in [0.25, 0.3) is 5.89 Å². The van der Waals surface area contributed by atoms with Crippen LogP contribution in [0.4, 0.5) is 0 Å². The summed E-state index contributed by atoms with van der Waals surface area (Å²) in [5.74, 6) is 1.00. The van der Waals surface area contributed by atoms with Crippen molar-refractivity contribution in [1.29, 1.82) is 0 Å². The monoisotopic (exact) mass is 300 g/mol. The lowest BCUT2D eigenvalue weighted by atomic mass is 10.2. The molecule has 0 amide bonds. The van der Waals surface area contributed by atoms with Crippen molar-refractivity contribution in [2.24, 2.45) is 5.14 Å². The summed E-state index contributed by atoms with van der Waals surface area (Å²) in [6.07, 6.45) is 0.585. The molecule has 2 rings (SSSR count). The molecule has 2 heterocycles. The smallest absolute Gasteiger partial charge is 0.293 e. The molecular weight excluding hydrogens is 284 g/mol. The van der Waals surface area contributed by atoms with Crippen LogP contribution in [-0.4, -0.2) is 31.6 Å². The summed E-state index contributed by atoms with van der Waals surface area (Å²) in [5, 5.41) is 11.9. The van der Waals surface area contributed by atoms with Gasteiger partial charge in [-0.05, 0) is 20.9 Å². The molecule has 0 aliphatic heterocycles. The molecule has 1 atom stereocenters. The fraction of sp³-hybridized carbons (Fsp3) is 0.455. The lowest BCUT2D eigenvalue weighted by Gasteiger charge is -2.04. The summed E-state index contributed by atoms with van der Waals surface area (Å²) in [5.41, 5.74) is 0. The Morgan fingerprint density at radius 3 is 2.75 bits per heavy atom. The molecule has 9 heteroatoms. The van der Waals surface area contributed by atoms with E-state index in [0.29, 0.717) is 12.2 Å². The molecule has 2 aromatic heterocycles. The van der Waals surface area contributed by atoms with Gasteiger partial charge in [0.2, 0.25) is 10.0 Å². The van der Waals surface area contributed by atoms with E-state index in [2.05, 4.69) is 15.5 Å². The molecule has 0 aromatic carbocycles. The van der Waals surface area contributed by atoms with Crippen molar-refractivity contribution < 1.29 is 17.4 Å². The van der Waals surface area contributed by atoms with Gasteiger partial charge in [0.05, 0.1) is 0 Å². The van der Waals surface area contributed by atoms with Crippen molar-refractivity contribution >= 4 is 10.0 Å². The number of hydrogen-bond donors (Lipinski definition) is 2. The van der Waals surface area contributed by atoms with Gasteiger partial charge in [0, 0.05) is 18.5 Å². The maximum absolute atomic E-state index is 11.3. The van der Waals surface area contributed by atoms with Gasteiger partial charge in [-0.1, -0.05) is 5.16 Å². The van der Waals surface area contributed by atoms with Crippen LogP contribution in [0.15, 0.2) is 19.9 Å². The van der Waals surface area contributed by atoms with Gasteiger partial charge in [0.15, 0.2) is 11.6 Å². The van der Waals surface area contributed by atoms with E-state index in [1.807, 2.05) is 14.0 Å². The molecule has 0 aliphatic rings. The summed E-state index contributed by atoms with van der Waals surface area (Å²) in [6, 6.07) is 1.47. The second-order valence-corrected chi connectivity index (χ2v) is 6.02. The topological polar surface area (TPSA) is 124 Å². The fourth-order valence-corrected chi connectivity index (χ4v) is 2.38. The Hall–Kier alpha value is -1.71. The minimum atomic E-state index is -3.83. The Morgan fingerprint density at radius 1 is 1.50 bits per heavy atom. The first-order valence-electron chi connectivity index (χ1n) is 5.94. The van der Waals surface area contributed by atoms with Crippen LogP contribution in [0.25, 0.3) is 11.7 Å². The average molecular weight is 300 g/mol. The Kier molecular flexibility index (Phi) is 3.93. The van der Waals surface area contributed by atoms with Crippen LogP contribution in [0, 0.1) is 6.92 Å². The van der Waals surface area contributed by atoms with E-state index in [0.717, 1.165) is 0 Å². The molecule has 0 spiro atoms. The number of nitrogens with one attached hydrogen (secondary N) is 1. The molecule has 0 aliphatic carbocycles. The number of primary sulfonamides is 1. The maximum Gasteiger partial charge on any atom is 0.293 e. The summed E-state index contributed by atoms with van der Waals surface area (Å²) < 4.78 is 33.0. The average Bonchev–Trinajstić information content (AvgIpc) is 2.94. The van der Waals surface area contributed by atoms with Crippen LogP contribution in [0.1, 0.15) is 18.5 Å². The highest BCUT2D eigenvalue weighted by molar-refractivity contribution is 7.89. The van der Waals surface area contributed by atoms with Crippen LogP contribution in [0.5, 0.6) is 0 Å². The third-order valence-electron chi connectivity index (χ3n) is 2.84. The normalized spacial score (nSPS) is 13.6. The highest BCUT2D eigenvalue weighted by atomic mass is 32.2. The van der Waals surface area contributed by atoms with Gasteiger partial charge >= 0.3 is 0 Å². The van der Waals surface area contributed by atoms with E-state index < -0.39 is 10.0 Å². The zero-order valence-corrected chi connectivity index (χ0v) is 12.2. The Balaban J connectivity index is 2.29. The van der Waals surface area contributed by atoms with Crippen molar-refractivity contribution in [2.45, 2.75) is 31.2 Å². The van der Waals surface area contributed by atoms with Crippen molar-refractivity contribution in [3.8, 4) is 11.7 Å². The summed E-state index contributed by atoms with van der Waals surface area (Å²) in [6.45, 7) is 3.48. The largest absolute Gasteiger partial charge is 0.455 e. The quantitative estimate of drug-likeness (QED) is 0.820. The number of sulfonamides is 1. The van der Waals surface area contributed by atoms with Crippen molar-refractivity contribution in [3.63, 3.8) is 0 Å². The summed E-state index contributed by atoms with van der Waals surface area (Å²) >= 11 is 0. The zero-order valence-electron chi connectivity index (χ0n) is 11.4. The van der Waals surface area contributed by atoms with Crippen LogP contribution in [0.2, 0.25) is 0 Å². The number of likely N-dealkylation sites (N-methyl/N-ethyl adjacent to an activating group) is 1. The number of aryl methyl sites for hydroxylation is 1. The highest BCUT2D eigenvalue weighted by Gasteiger charge is 2.21. The molecule has 8 nitrogen and oxygen atoms in total. The molecule has 0 bridgehead atoms. The van der Waals surface area contributed by atoms with Gasteiger partial charge in [-0.25, -0.2) is 13.6 Å². The number of rotatable bonds is 5. The molecular formula is C11H16N4O4S. The summed E-state index contributed by atoms with van der Waals surface area (Å²) in [7, 11) is -2.00. The van der Waals surface area contributed by atoms with Gasteiger partial charge in [0.1, 0.15) is 10.7 Å². The predicted molar refractivity (Wildman–Crippen MR) is 70.3 cm³/mol. The standard InChI is InChI=1S/C11H16N4O4S/c1-6(13-3)4-10-14-11(19-15-10)8-5-9(7(2)18-8)20(12,16)17/h5-6,13H,4H2,1-3H3,(H2,12,16,17). The van der Waals surface area contributed by atoms with Crippen LogP contribution in [-0.2, 0) is 16.4 Å². The first kappa shape index (κ1) is 14.7. The molecule has 0 saturated heterocycles. The van der Waals surface area contributed by atoms with Gasteiger partial charge in [-0.15, -0.1) is 0 Å². The van der Waals surface area contributed by atoms with Gasteiger partial charge < -0.3 is 14.3 Å². The number of hydrogen-bond acceptors (Lipinski definition) is 7. The van der Waals surface area contributed by atoms with E-state index in [1.54, 1.807) is 0 Å². The molecule has 3 N–H and O–H groups in total. The van der Waals surface area contributed by atoms with Crippen LogP contribution >= 0.6 is 0 Å². The van der Waals surface area contributed by atoms with Crippen molar-refractivity contribution in [1.82, 2.24) is 15.5 Å². The first-order valence-corrected chi connectivity index (χ1v) is 7.49. The van der Waals surface area contributed by atoms with Gasteiger partial charge in [-0.3, -0.25) is 0 Å². The highest BCUT2D eigenvalue weighted by Crippen LogP contribution is 2.26. The molecule has 20 heavy (non-hydrogen) atoms. The molecule has 2 aromatic rings. The SMILES string of the molecule is CNC(C)Cc1noc(-c2cc(S(N)(=O)=O)c(C)o2)n1. The lowest BCUT2D eigenvalue weighted by Crippen LogP contribution is -2.24. The summed E-state index contributed by atoms with van der Waals surface area (Å²) in [4.78, 5) is 4.07. The third-order valence-corrected chi connectivity index (χ3v) is 3.86. The Morgan fingerprint density at radius 2 is 2.20 bits per heavy atom. The van der Waals surface area contributed by atoms with Crippen molar-refractivity contribution in [3.05, 3.63) is 17.7 Å². The minimum absolute atomic E-state index is 0.0872. The van der Waals surface area contributed by atoms with E-state index in [9.17, 15) is 8.42 Å². The second kappa shape index (κ2) is 5.35. The zero-order chi connectivity index (χ0) is 14.9. The third kappa shape index (κ3) is 3.06.